The SMILES string of the molecule is C[C@@]12C[C@@H]1N(C(=O)CNC(=O)c1ccc(C3(c4ccccc4)COC3)cc1)[C@H](C(=O)O)C2. The van der Waals surface area contributed by atoms with Crippen LogP contribution in [-0.4, -0.2) is 59.6 Å². The molecule has 2 aromatic rings. The Balaban J connectivity index is 1.24. The lowest BCUT2D eigenvalue weighted by molar-refractivity contribution is -0.149. The van der Waals surface area contributed by atoms with Crippen molar-refractivity contribution >= 4 is 17.8 Å². The van der Waals surface area contributed by atoms with Crippen LogP contribution in [0.25, 0.3) is 0 Å². The van der Waals surface area contributed by atoms with E-state index in [0.717, 1.165) is 12.0 Å². The molecule has 7 heteroatoms. The topological polar surface area (TPSA) is 95.9 Å². The van der Waals surface area contributed by atoms with Gasteiger partial charge in [-0.2, -0.15) is 0 Å². The van der Waals surface area contributed by atoms with Crippen molar-refractivity contribution < 1.29 is 24.2 Å². The van der Waals surface area contributed by atoms with Gasteiger partial charge in [0.1, 0.15) is 6.04 Å². The number of hydrogen-bond donors (Lipinski definition) is 2. The molecule has 3 fully saturated rings. The number of fused-ring (bicyclic) bond motifs is 1. The molecule has 2 heterocycles. The number of piperidine rings is 1. The van der Waals surface area contributed by atoms with Crippen LogP contribution in [0.1, 0.15) is 41.3 Å². The molecule has 0 spiro atoms. The van der Waals surface area contributed by atoms with Crippen LogP contribution in [0.15, 0.2) is 54.6 Å². The number of carboxylic acid groups (broad SMARTS) is 1. The Morgan fingerprint density at radius 1 is 1.03 bits per heavy atom. The Labute approximate surface area is 186 Å². The van der Waals surface area contributed by atoms with Gasteiger partial charge >= 0.3 is 5.97 Å². The van der Waals surface area contributed by atoms with E-state index in [4.69, 9.17) is 4.74 Å². The molecule has 1 aliphatic carbocycles. The number of rotatable bonds is 6. The first-order valence-electron chi connectivity index (χ1n) is 10.9. The van der Waals surface area contributed by atoms with Gasteiger partial charge in [-0.1, -0.05) is 49.4 Å². The van der Waals surface area contributed by atoms with Crippen molar-refractivity contribution in [3.05, 3.63) is 71.3 Å². The summed E-state index contributed by atoms with van der Waals surface area (Å²) < 4.78 is 5.52. The lowest BCUT2D eigenvalue weighted by atomic mass is 9.73. The smallest absolute Gasteiger partial charge is 0.326 e. The third kappa shape index (κ3) is 3.28. The second kappa shape index (κ2) is 7.45. The first-order chi connectivity index (χ1) is 15.3. The standard InChI is InChI=1S/C25H26N2O5/c1-24-11-19(23(30)31)27(20(24)12-24)21(28)13-26-22(29)16-7-9-18(10-8-16)25(14-32-15-25)17-5-3-2-4-6-17/h2-10,19-20H,11-15H2,1H3,(H,26,29)(H,30,31)/t19-,20-,24+/m0/s1. The van der Waals surface area contributed by atoms with E-state index in [2.05, 4.69) is 17.4 Å². The molecule has 0 aromatic heterocycles. The fourth-order valence-electron chi connectivity index (χ4n) is 5.20. The van der Waals surface area contributed by atoms with Gasteiger partial charge in [0, 0.05) is 11.6 Å². The maximum absolute atomic E-state index is 12.7. The third-order valence-electron chi connectivity index (χ3n) is 7.33. The monoisotopic (exact) mass is 434 g/mol. The van der Waals surface area contributed by atoms with Gasteiger partial charge in [0.15, 0.2) is 0 Å². The molecule has 2 aliphatic heterocycles. The number of amides is 2. The van der Waals surface area contributed by atoms with Gasteiger partial charge in [-0.25, -0.2) is 4.79 Å². The molecular weight excluding hydrogens is 408 g/mol. The van der Waals surface area contributed by atoms with Crippen molar-refractivity contribution in [1.29, 1.82) is 0 Å². The predicted octanol–water partition coefficient (Wildman–Crippen LogP) is 2.20. The van der Waals surface area contributed by atoms with Crippen LogP contribution >= 0.6 is 0 Å². The number of nitrogens with zero attached hydrogens (tertiary/aromatic N) is 1. The predicted molar refractivity (Wildman–Crippen MR) is 116 cm³/mol. The van der Waals surface area contributed by atoms with Crippen LogP contribution in [-0.2, 0) is 19.7 Å². The molecule has 3 aliphatic rings. The summed E-state index contributed by atoms with van der Waals surface area (Å²) in [6.45, 7) is 2.99. The fourth-order valence-corrected chi connectivity index (χ4v) is 5.20. The highest BCUT2D eigenvalue weighted by Gasteiger charge is 2.64. The highest BCUT2D eigenvalue weighted by Crippen LogP contribution is 2.59. The number of likely N-dealkylation sites (tertiary alicyclic amines) is 1. The maximum atomic E-state index is 12.7. The minimum atomic E-state index is -0.985. The highest BCUT2D eigenvalue weighted by atomic mass is 16.5. The Morgan fingerprint density at radius 2 is 1.69 bits per heavy atom. The van der Waals surface area contributed by atoms with E-state index in [9.17, 15) is 19.5 Å². The van der Waals surface area contributed by atoms with Gasteiger partial charge in [0.05, 0.1) is 25.2 Å². The number of carbonyl (C=O) groups is 3. The van der Waals surface area contributed by atoms with Gasteiger partial charge in [-0.3, -0.25) is 9.59 Å². The van der Waals surface area contributed by atoms with Gasteiger partial charge in [0.25, 0.3) is 5.91 Å². The summed E-state index contributed by atoms with van der Waals surface area (Å²) in [6.07, 6.45) is 1.30. The second-order valence-electron chi connectivity index (χ2n) is 9.43. The summed E-state index contributed by atoms with van der Waals surface area (Å²) in [5.74, 6) is -1.68. The molecule has 0 bridgehead atoms. The Morgan fingerprint density at radius 3 is 2.28 bits per heavy atom. The van der Waals surface area contributed by atoms with E-state index in [0.29, 0.717) is 25.2 Å². The highest BCUT2D eigenvalue weighted by molar-refractivity contribution is 5.97. The van der Waals surface area contributed by atoms with E-state index in [1.807, 2.05) is 37.3 Å². The number of ether oxygens (including phenoxy) is 1. The number of hydrogen-bond acceptors (Lipinski definition) is 4. The second-order valence-corrected chi connectivity index (χ2v) is 9.43. The average Bonchev–Trinajstić information content (AvgIpc) is 3.32. The quantitative estimate of drug-likeness (QED) is 0.727. The lowest BCUT2D eigenvalue weighted by Gasteiger charge is -2.42. The summed E-state index contributed by atoms with van der Waals surface area (Å²) in [4.78, 5) is 38.3. The summed E-state index contributed by atoms with van der Waals surface area (Å²) in [5.41, 5.74) is 2.41. The number of carboxylic acids is 1. The summed E-state index contributed by atoms with van der Waals surface area (Å²) in [7, 11) is 0. The number of benzene rings is 2. The van der Waals surface area contributed by atoms with Crippen LogP contribution in [0.2, 0.25) is 0 Å². The van der Waals surface area contributed by atoms with E-state index in [1.54, 1.807) is 12.1 Å². The van der Waals surface area contributed by atoms with Crippen molar-refractivity contribution in [3.63, 3.8) is 0 Å². The van der Waals surface area contributed by atoms with Gasteiger partial charge in [0.2, 0.25) is 5.91 Å². The largest absolute Gasteiger partial charge is 0.480 e. The zero-order chi connectivity index (χ0) is 22.5. The van der Waals surface area contributed by atoms with E-state index in [-0.39, 0.29) is 35.2 Å². The Bertz CT molecular complexity index is 1060. The van der Waals surface area contributed by atoms with E-state index >= 15 is 0 Å². The van der Waals surface area contributed by atoms with Gasteiger partial charge < -0.3 is 20.1 Å². The lowest BCUT2D eigenvalue weighted by Crippen LogP contribution is -2.48. The van der Waals surface area contributed by atoms with E-state index < -0.39 is 12.0 Å². The zero-order valence-corrected chi connectivity index (χ0v) is 17.9. The van der Waals surface area contributed by atoms with Crippen LogP contribution in [0.5, 0.6) is 0 Å². The third-order valence-corrected chi connectivity index (χ3v) is 7.33. The van der Waals surface area contributed by atoms with Gasteiger partial charge in [-0.05, 0) is 41.5 Å². The molecule has 0 unspecified atom stereocenters. The molecule has 7 nitrogen and oxygen atoms in total. The minimum absolute atomic E-state index is 0.0360. The summed E-state index contributed by atoms with van der Waals surface area (Å²) in [5, 5.41) is 12.1. The number of carbonyl (C=O) groups excluding carboxylic acids is 2. The molecule has 2 aromatic carbocycles. The van der Waals surface area contributed by atoms with Crippen molar-refractivity contribution in [3.8, 4) is 0 Å². The summed E-state index contributed by atoms with van der Waals surface area (Å²) >= 11 is 0. The van der Waals surface area contributed by atoms with Crippen molar-refractivity contribution in [2.45, 2.75) is 37.3 Å². The molecule has 1 saturated carbocycles. The molecule has 0 radical (unpaired) electrons. The molecule has 3 atom stereocenters. The molecule has 166 valence electrons. The Hall–Kier alpha value is -3.19. The van der Waals surface area contributed by atoms with Crippen molar-refractivity contribution in [1.82, 2.24) is 10.2 Å². The van der Waals surface area contributed by atoms with Crippen molar-refractivity contribution in [2.24, 2.45) is 5.41 Å². The first kappa shape index (κ1) is 20.7. The molecule has 5 rings (SSSR count). The van der Waals surface area contributed by atoms with E-state index in [1.165, 1.54) is 10.5 Å². The molecular formula is C25H26N2O5. The van der Waals surface area contributed by atoms with Crippen LogP contribution in [0.4, 0.5) is 0 Å². The van der Waals surface area contributed by atoms with Crippen LogP contribution in [0.3, 0.4) is 0 Å². The Kier molecular flexibility index (Phi) is 4.82. The number of aliphatic carboxylic acids is 1. The van der Waals surface area contributed by atoms with Crippen LogP contribution < -0.4 is 5.32 Å². The normalized spacial score (nSPS) is 27.2. The van der Waals surface area contributed by atoms with Crippen molar-refractivity contribution in [2.75, 3.05) is 19.8 Å². The van der Waals surface area contributed by atoms with Gasteiger partial charge in [-0.15, -0.1) is 0 Å². The zero-order valence-electron chi connectivity index (χ0n) is 17.9. The average molecular weight is 434 g/mol. The molecule has 2 N–H and O–H groups in total. The minimum Gasteiger partial charge on any atom is -0.480 e. The molecule has 32 heavy (non-hydrogen) atoms. The number of nitrogens with one attached hydrogen (secondary N) is 1. The first-order valence-corrected chi connectivity index (χ1v) is 10.9. The summed E-state index contributed by atoms with van der Waals surface area (Å²) in [6, 6.07) is 16.7. The maximum Gasteiger partial charge on any atom is 0.326 e. The fraction of sp³-hybridized carbons (Fsp3) is 0.400. The molecule has 2 saturated heterocycles. The molecule has 2 amide bonds. The van der Waals surface area contributed by atoms with Crippen LogP contribution in [0, 0.1) is 5.41 Å².